The maximum atomic E-state index is 5.45. The van der Waals surface area contributed by atoms with Crippen LogP contribution in [-0.2, 0) is 4.74 Å². The van der Waals surface area contributed by atoms with Gasteiger partial charge in [0.25, 0.3) is 0 Å². The van der Waals surface area contributed by atoms with E-state index in [1.807, 2.05) is 6.92 Å². The SMILES string of the molecule is CCNc1cncc(NC2CCCC2OC)n1. The number of nitrogens with zero attached hydrogens (tertiary/aromatic N) is 2. The van der Waals surface area contributed by atoms with E-state index in [-0.39, 0.29) is 0 Å². The number of aromatic nitrogens is 2. The molecule has 1 heterocycles. The topological polar surface area (TPSA) is 59.1 Å². The number of hydrogen-bond acceptors (Lipinski definition) is 5. The van der Waals surface area contributed by atoms with E-state index in [9.17, 15) is 0 Å². The highest BCUT2D eigenvalue weighted by atomic mass is 16.5. The molecule has 5 heteroatoms. The molecule has 1 aliphatic carbocycles. The average Bonchev–Trinajstić information content (AvgIpc) is 2.77. The molecular weight excluding hydrogens is 216 g/mol. The summed E-state index contributed by atoms with van der Waals surface area (Å²) in [5.41, 5.74) is 0. The molecule has 5 nitrogen and oxygen atoms in total. The lowest BCUT2D eigenvalue weighted by atomic mass is 10.2. The lowest BCUT2D eigenvalue weighted by Crippen LogP contribution is -2.30. The third-order valence-corrected chi connectivity index (χ3v) is 3.08. The monoisotopic (exact) mass is 236 g/mol. The number of rotatable bonds is 5. The van der Waals surface area contributed by atoms with Crippen LogP contribution in [0.3, 0.4) is 0 Å². The van der Waals surface area contributed by atoms with E-state index in [0.717, 1.165) is 31.0 Å². The molecule has 0 bridgehead atoms. The Kier molecular flexibility index (Phi) is 4.14. The smallest absolute Gasteiger partial charge is 0.147 e. The molecule has 1 fully saturated rings. The number of hydrogen-bond donors (Lipinski definition) is 2. The van der Waals surface area contributed by atoms with E-state index in [1.165, 1.54) is 6.42 Å². The van der Waals surface area contributed by atoms with E-state index in [4.69, 9.17) is 4.74 Å². The molecule has 0 saturated heterocycles. The van der Waals surface area contributed by atoms with Gasteiger partial charge in [-0.15, -0.1) is 0 Å². The van der Waals surface area contributed by atoms with Crippen molar-refractivity contribution in [2.24, 2.45) is 0 Å². The van der Waals surface area contributed by atoms with Crippen LogP contribution >= 0.6 is 0 Å². The summed E-state index contributed by atoms with van der Waals surface area (Å²) in [5, 5.41) is 6.56. The number of nitrogens with one attached hydrogen (secondary N) is 2. The first-order chi connectivity index (χ1) is 8.33. The van der Waals surface area contributed by atoms with Gasteiger partial charge in [-0.1, -0.05) is 0 Å². The molecule has 0 aliphatic heterocycles. The van der Waals surface area contributed by atoms with Crippen molar-refractivity contribution < 1.29 is 4.74 Å². The van der Waals surface area contributed by atoms with Crippen LogP contribution in [0.25, 0.3) is 0 Å². The Labute approximate surface area is 102 Å². The summed E-state index contributed by atoms with van der Waals surface area (Å²) in [4.78, 5) is 8.62. The Morgan fingerprint density at radius 3 is 2.94 bits per heavy atom. The van der Waals surface area contributed by atoms with Crippen molar-refractivity contribution in [2.75, 3.05) is 24.3 Å². The largest absolute Gasteiger partial charge is 0.379 e. The highest BCUT2D eigenvalue weighted by Gasteiger charge is 2.27. The molecule has 0 aromatic carbocycles. The van der Waals surface area contributed by atoms with Gasteiger partial charge in [0, 0.05) is 13.7 Å². The van der Waals surface area contributed by atoms with Gasteiger partial charge < -0.3 is 15.4 Å². The summed E-state index contributed by atoms with van der Waals surface area (Å²) in [7, 11) is 1.77. The third-order valence-electron chi connectivity index (χ3n) is 3.08. The predicted molar refractivity (Wildman–Crippen MR) is 68.3 cm³/mol. The van der Waals surface area contributed by atoms with E-state index < -0.39 is 0 Å². The maximum absolute atomic E-state index is 5.45. The van der Waals surface area contributed by atoms with Crippen LogP contribution in [-0.4, -0.2) is 35.8 Å². The van der Waals surface area contributed by atoms with Gasteiger partial charge in [0.05, 0.1) is 24.5 Å². The van der Waals surface area contributed by atoms with Crippen molar-refractivity contribution in [3.05, 3.63) is 12.4 Å². The van der Waals surface area contributed by atoms with Crippen LogP contribution in [0.4, 0.5) is 11.6 Å². The van der Waals surface area contributed by atoms with E-state index in [2.05, 4.69) is 20.6 Å². The van der Waals surface area contributed by atoms with E-state index >= 15 is 0 Å². The Morgan fingerprint density at radius 1 is 1.35 bits per heavy atom. The number of anilines is 2. The summed E-state index contributed by atoms with van der Waals surface area (Å²) in [6.45, 7) is 2.89. The first-order valence-corrected chi connectivity index (χ1v) is 6.18. The fraction of sp³-hybridized carbons (Fsp3) is 0.667. The molecule has 17 heavy (non-hydrogen) atoms. The Morgan fingerprint density at radius 2 is 2.18 bits per heavy atom. The van der Waals surface area contributed by atoms with Crippen LogP contribution < -0.4 is 10.6 Å². The van der Waals surface area contributed by atoms with Gasteiger partial charge in [-0.25, -0.2) is 4.98 Å². The van der Waals surface area contributed by atoms with Crippen LogP contribution in [0.5, 0.6) is 0 Å². The zero-order valence-electron chi connectivity index (χ0n) is 10.4. The maximum Gasteiger partial charge on any atom is 0.147 e. The zero-order chi connectivity index (χ0) is 12.1. The minimum Gasteiger partial charge on any atom is -0.379 e. The van der Waals surface area contributed by atoms with Crippen LogP contribution in [0, 0.1) is 0 Å². The molecule has 2 N–H and O–H groups in total. The van der Waals surface area contributed by atoms with Gasteiger partial charge in [-0.3, -0.25) is 4.98 Å². The van der Waals surface area contributed by atoms with Crippen molar-refractivity contribution in [1.82, 2.24) is 9.97 Å². The van der Waals surface area contributed by atoms with Crippen LogP contribution in [0.15, 0.2) is 12.4 Å². The normalized spacial score (nSPS) is 23.6. The fourth-order valence-electron chi connectivity index (χ4n) is 2.27. The molecule has 2 rings (SSSR count). The summed E-state index contributed by atoms with van der Waals surface area (Å²) >= 11 is 0. The van der Waals surface area contributed by atoms with Crippen molar-refractivity contribution >= 4 is 11.6 Å². The van der Waals surface area contributed by atoms with Crippen molar-refractivity contribution in [1.29, 1.82) is 0 Å². The Balaban J connectivity index is 2.00. The summed E-state index contributed by atoms with van der Waals surface area (Å²) in [6.07, 6.45) is 7.24. The van der Waals surface area contributed by atoms with Gasteiger partial charge in [0.1, 0.15) is 11.6 Å². The minimum atomic E-state index is 0.291. The first-order valence-electron chi connectivity index (χ1n) is 6.18. The molecule has 0 spiro atoms. The van der Waals surface area contributed by atoms with Gasteiger partial charge in [-0.2, -0.15) is 0 Å². The predicted octanol–water partition coefficient (Wildman–Crippen LogP) is 1.89. The Hall–Kier alpha value is -1.36. The minimum absolute atomic E-state index is 0.291. The van der Waals surface area contributed by atoms with Crippen molar-refractivity contribution in [3.63, 3.8) is 0 Å². The molecule has 2 atom stereocenters. The summed E-state index contributed by atoms with van der Waals surface area (Å²) in [6, 6.07) is 0.353. The Bertz CT molecular complexity index is 358. The van der Waals surface area contributed by atoms with Gasteiger partial charge in [0.15, 0.2) is 0 Å². The summed E-state index contributed by atoms with van der Waals surface area (Å²) < 4.78 is 5.45. The molecule has 0 amide bonds. The molecule has 0 radical (unpaired) electrons. The average molecular weight is 236 g/mol. The number of ether oxygens (including phenoxy) is 1. The second-order valence-electron chi connectivity index (χ2n) is 4.28. The number of methoxy groups -OCH3 is 1. The second kappa shape index (κ2) is 5.82. The van der Waals surface area contributed by atoms with Gasteiger partial charge in [0.2, 0.25) is 0 Å². The highest BCUT2D eigenvalue weighted by molar-refractivity contribution is 5.42. The molecule has 1 saturated carbocycles. The highest BCUT2D eigenvalue weighted by Crippen LogP contribution is 2.24. The molecule has 2 unspecified atom stereocenters. The lowest BCUT2D eigenvalue weighted by molar-refractivity contribution is 0.101. The molecular formula is C12H20N4O. The first kappa shape index (κ1) is 12.1. The van der Waals surface area contributed by atoms with Gasteiger partial charge >= 0.3 is 0 Å². The second-order valence-corrected chi connectivity index (χ2v) is 4.28. The zero-order valence-corrected chi connectivity index (χ0v) is 10.4. The van der Waals surface area contributed by atoms with Gasteiger partial charge in [-0.05, 0) is 26.2 Å². The van der Waals surface area contributed by atoms with Crippen molar-refractivity contribution in [2.45, 2.75) is 38.3 Å². The van der Waals surface area contributed by atoms with Crippen LogP contribution in [0.2, 0.25) is 0 Å². The lowest BCUT2D eigenvalue weighted by Gasteiger charge is -2.20. The molecule has 1 aromatic rings. The fourth-order valence-corrected chi connectivity index (χ4v) is 2.27. The van der Waals surface area contributed by atoms with E-state index in [0.29, 0.717) is 12.1 Å². The molecule has 94 valence electrons. The van der Waals surface area contributed by atoms with Crippen molar-refractivity contribution in [3.8, 4) is 0 Å². The standard InChI is InChI=1S/C12H20N4O/c1-3-14-11-7-13-8-12(16-11)15-9-5-4-6-10(9)17-2/h7-10H,3-6H2,1-2H3,(H2,14,15,16). The molecule has 1 aromatic heterocycles. The quantitative estimate of drug-likeness (QED) is 0.817. The van der Waals surface area contributed by atoms with Crippen LogP contribution in [0.1, 0.15) is 26.2 Å². The third kappa shape index (κ3) is 3.06. The molecule has 1 aliphatic rings. The summed E-state index contributed by atoms with van der Waals surface area (Å²) in [5.74, 6) is 1.63. The van der Waals surface area contributed by atoms with E-state index in [1.54, 1.807) is 19.5 Å².